The number of rotatable bonds is 7. The Hall–Kier alpha value is -0.800. The zero-order chi connectivity index (χ0) is 14.2. The SMILES string of the molecule is CCCC(CSC(C)(C)C)(N=C=O)C(=O)OCC. The van der Waals surface area contributed by atoms with E-state index in [-0.39, 0.29) is 4.75 Å². The van der Waals surface area contributed by atoms with Crippen molar-refractivity contribution in [3.63, 3.8) is 0 Å². The predicted molar refractivity (Wildman–Crippen MR) is 74.6 cm³/mol. The van der Waals surface area contributed by atoms with E-state index in [4.69, 9.17) is 4.74 Å². The fraction of sp³-hybridized carbons (Fsp3) is 0.846. The van der Waals surface area contributed by atoms with Gasteiger partial charge in [-0.15, -0.1) is 0 Å². The van der Waals surface area contributed by atoms with E-state index in [0.29, 0.717) is 18.8 Å². The molecule has 4 nitrogen and oxygen atoms in total. The topological polar surface area (TPSA) is 55.7 Å². The lowest BCUT2D eigenvalue weighted by Crippen LogP contribution is -2.42. The Morgan fingerprint density at radius 1 is 1.33 bits per heavy atom. The normalized spacial score (nSPS) is 14.5. The number of nitrogens with zero attached hydrogens (tertiary/aromatic N) is 1. The summed E-state index contributed by atoms with van der Waals surface area (Å²) in [6.07, 6.45) is 2.79. The highest BCUT2D eigenvalue weighted by Gasteiger charge is 2.40. The maximum absolute atomic E-state index is 12.1. The van der Waals surface area contributed by atoms with Crippen molar-refractivity contribution in [1.29, 1.82) is 0 Å². The molecular weight excluding hydrogens is 250 g/mol. The summed E-state index contributed by atoms with van der Waals surface area (Å²) in [4.78, 5) is 26.4. The third-order valence-corrected chi connectivity index (χ3v) is 3.81. The molecule has 0 bridgehead atoms. The molecule has 5 heteroatoms. The first-order chi connectivity index (χ1) is 8.31. The number of thioether (sulfide) groups is 1. The van der Waals surface area contributed by atoms with Gasteiger partial charge < -0.3 is 4.74 Å². The van der Waals surface area contributed by atoms with Crippen molar-refractivity contribution in [2.45, 2.75) is 57.7 Å². The summed E-state index contributed by atoms with van der Waals surface area (Å²) in [5, 5.41) is 0. The summed E-state index contributed by atoms with van der Waals surface area (Å²) >= 11 is 1.60. The molecule has 0 aromatic carbocycles. The minimum absolute atomic E-state index is 0.00386. The van der Waals surface area contributed by atoms with Crippen molar-refractivity contribution in [3.8, 4) is 0 Å². The number of carbonyl (C=O) groups is 1. The number of hydrogen-bond donors (Lipinski definition) is 0. The second-order valence-electron chi connectivity index (χ2n) is 5.11. The Morgan fingerprint density at radius 3 is 2.33 bits per heavy atom. The lowest BCUT2D eigenvalue weighted by Gasteiger charge is -2.28. The zero-order valence-corrected chi connectivity index (χ0v) is 12.7. The first-order valence-corrected chi connectivity index (χ1v) is 7.20. The van der Waals surface area contributed by atoms with Gasteiger partial charge in [-0.1, -0.05) is 34.1 Å². The molecule has 1 unspecified atom stereocenters. The van der Waals surface area contributed by atoms with Crippen LogP contribution in [0.1, 0.15) is 47.5 Å². The minimum atomic E-state index is -1.08. The Labute approximate surface area is 114 Å². The summed E-state index contributed by atoms with van der Waals surface area (Å²) in [6, 6.07) is 0. The summed E-state index contributed by atoms with van der Waals surface area (Å²) in [7, 11) is 0. The van der Waals surface area contributed by atoms with Crippen LogP contribution in [0.2, 0.25) is 0 Å². The molecule has 0 aromatic heterocycles. The number of hydrogen-bond acceptors (Lipinski definition) is 5. The van der Waals surface area contributed by atoms with Gasteiger partial charge in [0, 0.05) is 10.5 Å². The van der Waals surface area contributed by atoms with Crippen molar-refractivity contribution in [2.24, 2.45) is 4.99 Å². The van der Waals surface area contributed by atoms with E-state index >= 15 is 0 Å². The molecular formula is C13H23NO3S. The summed E-state index contributed by atoms with van der Waals surface area (Å²) in [5.74, 6) is 0.0188. The van der Waals surface area contributed by atoms with Crippen LogP contribution in [0.5, 0.6) is 0 Å². The fourth-order valence-electron chi connectivity index (χ4n) is 1.47. The minimum Gasteiger partial charge on any atom is -0.464 e. The first kappa shape index (κ1) is 17.2. The van der Waals surface area contributed by atoms with Gasteiger partial charge in [-0.3, -0.25) is 0 Å². The molecule has 0 amide bonds. The van der Waals surface area contributed by atoms with Gasteiger partial charge in [0.15, 0.2) is 5.54 Å². The highest BCUT2D eigenvalue weighted by atomic mass is 32.2. The predicted octanol–water partition coefficient (Wildman–Crippen LogP) is 2.96. The lowest BCUT2D eigenvalue weighted by atomic mass is 9.97. The number of carbonyl (C=O) groups excluding carboxylic acids is 2. The molecule has 18 heavy (non-hydrogen) atoms. The van der Waals surface area contributed by atoms with Crippen molar-refractivity contribution in [3.05, 3.63) is 0 Å². The van der Waals surface area contributed by atoms with Crippen LogP contribution in [0.25, 0.3) is 0 Å². The van der Waals surface area contributed by atoms with Crippen molar-refractivity contribution in [1.82, 2.24) is 0 Å². The van der Waals surface area contributed by atoms with Crippen LogP contribution >= 0.6 is 11.8 Å². The molecule has 0 aliphatic carbocycles. The molecule has 0 aliphatic heterocycles. The van der Waals surface area contributed by atoms with Gasteiger partial charge in [0.25, 0.3) is 0 Å². The molecule has 0 aliphatic rings. The van der Waals surface area contributed by atoms with E-state index in [0.717, 1.165) is 6.42 Å². The summed E-state index contributed by atoms with van der Waals surface area (Å²) in [6.45, 7) is 10.2. The van der Waals surface area contributed by atoms with Gasteiger partial charge >= 0.3 is 5.97 Å². The average molecular weight is 273 g/mol. The molecule has 0 fully saturated rings. The van der Waals surface area contributed by atoms with E-state index in [1.165, 1.54) is 6.08 Å². The molecule has 0 heterocycles. The lowest BCUT2D eigenvalue weighted by molar-refractivity contribution is -0.148. The fourth-order valence-corrected chi connectivity index (χ4v) is 2.47. The number of isocyanates is 1. The first-order valence-electron chi connectivity index (χ1n) is 6.21. The van der Waals surface area contributed by atoms with E-state index in [1.807, 2.05) is 6.92 Å². The third kappa shape index (κ3) is 5.69. The van der Waals surface area contributed by atoms with E-state index in [2.05, 4.69) is 25.8 Å². The zero-order valence-electron chi connectivity index (χ0n) is 11.9. The van der Waals surface area contributed by atoms with Crippen molar-refractivity contribution in [2.75, 3.05) is 12.4 Å². The monoisotopic (exact) mass is 273 g/mol. The van der Waals surface area contributed by atoms with E-state index < -0.39 is 11.5 Å². The molecule has 0 rings (SSSR count). The Balaban J connectivity index is 5.08. The standard InChI is InChI=1S/C13H23NO3S/c1-6-8-13(14-10-15,11(16)17-7-2)9-18-12(3,4)5/h6-9H2,1-5H3. The van der Waals surface area contributed by atoms with Crippen LogP contribution < -0.4 is 0 Å². The van der Waals surface area contributed by atoms with Gasteiger partial charge in [0.2, 0.25) is 6.08 Å². The number of ether oxygens (including phenoxy) is 1. The van der Waals surface area contributed by atoms with Crippen molar-refractivity contribution >= 4 is 23.8 Å². The van der Waals surface area contributed by atoms with Gasteiger partial charge in [0.1, 0.15) is 0 Å². The van der Waals surface area contributed by atoms with E-state index in [9.17, 15) is 9.59 Å². The van der Waals surface area contributed by atoms with Crippen molar-refractivity contribution < 1.29 is 14.3 Å². The summed E-state index contributed by atoms with van der Waals surface area (Å²) < 4.78 is 5.06. The van der Waals surface area contributed by atoms with Crippen LogP contribution in [0.15, 0.2) is 4.99 Å². The second-order valence-corrected chi connectivity index (χ2v) is 6.91. The second kappa shape index (κ2) is 7.59. The molecule has 104 valence electrons. The van der Waals surface area contributed by atoms with Crippen LogP contribution in [-0.2, 0) is 14.3 Å². The Bertz CT molecular complexity index is 319. The maximum atomic E-state index is 12.1. The Kier molecular flexibility index (Phi) is 7.26. The van der Waals surface area contributed by atoms with Crippen LogP contribution in [-0.4, -0.2) is 34.7 Å². The van der Waals surface area contributed by atoms with Gasteiger partial charge in [-0.25, -0.2) is 9.59 Å². The number of esters is 1. The van der Waals surface area contributed by atoms with Crippen LogP contribution in [0.3, 0.4) is 0 Å². The quantitative estimate of drug-likeness (QED) is 0.406. The Morgan fingerprint density at radius 2 is 1.94 bits per heavy atom. The van der Waals surface area contributed by atoms with Gasteiger partial charge in [-0.05, 0) is 13.3 Å². The highest BCUT2D eigenvalue weighted by molar-refractivity contribution is 8.00. The van der Waals surface area contributed by atoms with Gasteiger partial charge in [0.05, 0.1) is 6.61 Å². The molecule has 1 atom stereocenters. The molecule has 0 saturated carbocycles. The summed E-state index contributed by atoms with van der Waals surface area (Å²) in [5.41, 5.74) is -1.08. The average Bonchev–Trinajstić information content (AvgIpc) is 2.26. The van der Waals surface area contributed by atoms with E-state index in [1.54, 1.807) is 18.7 Å². The molecule has 0 N–H and O–H groups in total. The molecule has 0 saturated heterocycles. The largest absolute Gasteiger partial charge is 0.464 e. The molecule has 0 spiro atoms. The molecule has 0 aromatic rings. The van der Waals surface area contributed by atoms with Crippen LogP contribution in [0, 0.1) is 0 Å². The van der Waals surface area contributed by atoms with Gasteiger partial charge in [-0.2, -0.15) is 16.8 Å². The van der Waals surface area contributed by atoms with Crippen LogP contribution in [0.4, 0.5) is 0 Å². The highest BCUT2D eigenvalue weighted by Crippen LogP contribution is 2.32. The third-order valence-electron chi connectivity index (χ3n) is 2.32. The number of aliphatic imine (C=N–C) groups is 1. The maximum Gasteiger partial charge on any atom is 0.335 e. The smallest absolute Gasteiger partial charge is 0.335 e. The molecule has 0 radical (unpaired) electrons.